The monoisotopic (exact) mass is 418 g/mol. The van der Waals surface area contributed by atoms with E-state index >= 15 is 0 Å². The molecule has 0 aromatic heterocycles. The van der Waals surface area contributed by atoms with Crippen molar-refractivity contribution in [1.29, 1.82) is 0 Å². The summed E-state index contributed by atoms with van der Waals surface area (Å²) < 4.78 is 36.8. The Labute approximate surface area is 175 Å². The van der Waals surface area contributed by atoms with Crippen LogP contribution in [0.4, 0.5) is 0 Å². The molecule has 0 aliphatic carbocycles. The van der Waals surface area contributed by atoms with E-state index in [1.54, 1.807) is 18.2 Å². The first kappa shape index (κ1) is 23.2. The topological polar surface area (TPSA) is 81.7 Å². The summed E-state index contributed by atoms with van der Waals surface area (Å²) in [4.78, 5) is 11.6. The van der Waals surface area contributed by atoms with Gasteiger partial charge in [-0.15, -0.1) is 0 Å². The van der Waals surface area contributed by atoms with E-state index in [9.17, 15) is 4.79 Å². The van der Waals surface area contributed by atoms with E-state index in [0.29, 0.717) is 22.8 Å². The van der Waals surface area contributed by atoms with Crippen LogP contribution in [0.3, 0.4) is 0 Å². The largest absolute Gasteiger partial charge is 0.465 e. The van der Waals surface area contributed by atoms with Crippen molar-refractivity contribution in [1.82, 2.24) is 0 Å². The Morgan fingerprint density at radius 2 is 1.33 bits per heavy atom. The summed E-state index contributed by atoms with van der Waals surface area (Å²) in [6.45, 7) is 0.0787. The van der Waals surface area contributed by atoms with Crippen LogP contribution >= 0.6 is 0 Å². The summed E-state index contributed by atoms with van der Waals surface area (Å²) in [6.07, 6.45) is 3.74. The standard InChI is InChI=1S/C22H26O8/c1-24-13-28-19-12-11-17(20(29-14-25-2)21(19)30-15-26-3)8-5-16-6-9-18(10-7-16)22(23)27-4/h5-12H,13-15H2,1-4H3/b8-5+. The zero-order valence-corrected chi connectivity index (χ0v) is 17.5. The number of hydrogen-bond acceptors (Lipinski definition) is 8. The highest BCUT2D eigenvalue weighted by Gasteiger charge is 2.17. The van der Waals surface area contributed by atoms with E-state index in [1.807, 2.05) is 30.4 Å². The van der Waals surface area contributed by atoms with Crippen LogP contribution in [0.25, 0.3) is 12.2 Å². The first-order valence-electron chi connectivity index (χ1n) is 9.03. The zero-order valence-electron chi connectivity index (χ0n) is 17.5. The number of ether oxygens (including phenoxy) is 7. The van der Waals surface area contributed by atoms with E-state index in [0.717, 1.165) is 11.1 Å². The lowest BCUT2D eigenvalue weighted by atomic mass is 10.1. The van der Waals surface area contributed by atoms with Gasteiger partial charge in [0.25, 0.3) is 0 Å². The van der Waals surface area contributed by atoms with Crippen molar-refractivity contribution >= 4 is 18.1 Å². The minimum Gasteiger partial charge on any atom is -0.465 e. The van der Waals surface area contributed by atoms with Crippen molar-refractivity contribution in [3.8, 4) is 17.2 Å². The Hall–Kier alpha value is -3.07. The quantitative estimate of drug-likeness (QED) is 0.294. The Bertz CT molecular complexity index is 830. The van der Waals surface area contributed by atoms with Gasteiger partial charge in [-0.2, -0.15) is 0 Å². The SMILES string of the molecule is COCOc1ccc(/C=C/c2ccc(C(=O)OC)cc2)c(OCOC)c1OCOC. The summed E-state index contributed by atoms with van der Waals surface area (Å²) in [5, 5.41) is 0. The Morgan fingerprint density at radius 3 is 1.93 bits per heavy atom. The van der Waals surface area contributed by atoms with Crippen LogP contribution in [-0.2, 0) is 18.9 Å². The summed E-state index contributed by atoms with van der Waals surface area (Å²) in [6, 6.07) is 10.6. The number of hydrogen-bond donors (Lipinski definition) is 0. The average molecular weight is 418 g/mol. The number of carbonyl (C=O) groups is 1. The van der Waals surface area contributed by atoms with Crippen LogP contribution in [0.1, 0.15) is 21.5 Å². The highest BCUT2D eigenvalue weighted by Crippen LogP contribution is 2.41. The molecule has 8 nitrogen and oxygen atoms in total. The van der Waals surface area contributed by atoms with Crippen molar-refractivity contribution in [3.05, 3.63) is 53.1 Å². The summed E-state index contributed by atoms with van der Waals surface area (Å²) in [7, 11) is 5.92. The summed E-state index contributed by atoms with van der Waals surface area (Å²) in [5.41, 5.74) is 2.10. The third-order valence-electron chi connectivity index (χ3n) is 3.87. The van der Waals surface area contributed by atoms with Gasteiger partial charge in [-0.3, -0.25) is 0 Å². The van der Waals surface area contributed by atoms with Crippen molar-refractivity contribution in [3.63, 3.8) is 0 Å². The molecule has 0 amide bonds. The maximum absolute atomic E-state index is 11.6. The van der Waals surface area contributed by atoms with E-state index < -0.39 is 0 Å². The smallest absolute Gasteiger partial charge is 0.337 e. The highest BCUT2D eigenvalue weighted by molar-refractivity contribution is 5.89. The summed E-state index contributed by atoms with van der Waals surface area (Å²) in [5.74, 6) is 0.867. The molecule has 0 saturated heterocycles. The molecule has 2 aromatic carbocycles. The molecule has 0 unspecified atom stereocenters. The maximum atomic E-state index is 11.6. The Kier molecular flexibility index (Phi) is 9.66. The summed E-state index contributed by atoms with van der Waals surface area (Å²) >= 11 is 0. The number of carbonyl (C=O) groups excluding carboxylic acids is 1. The fourth-order valence-electron chi connectivity index (χ4n) is 2.48. The molecule has 30 heavy (non-hydrogen) atoms. The number of benzene rings is 2. The number of methoxy groups -OCH3 is 4. The van der Waals surface area contributed by atoms with Crippen molar-refractivity contribution in [2.45, 2.75) is 0 Å². The first-order chi connectivity index (χ1) is 14.6. The van der Waals surface area contributed by atoms with E-state index in [-0.39, 0.29) is 26.3 Å². The lowest BCUT2D eigenvalue weighted by Gasteiger charge is -2.18. The zero-order chi connectivity index (χ0) is 21.8. The fraction of sp³-hybridized carbons (Fsp3) is 0.318. The van der Waals surface area contributed by atoms with Gasteiger partial charge in [-0.1, -0.05) is 24.3 Å². The fourth-order valence-corrected chi connectivity index (χ4v) is 2.48. The van der Waals surface area contributed by atoms with Gasteiger partial charge in [-0.05, 0) is 29.8 Å². The van der Waals surface area contributed by atoms with Gasteiger partial charge >= 0.3 is 5.97 Å². The molecule has 0 saturated carbocycles. The minimum atomic E-state index is -0.382. The second-order valence-electron chi connectivity index (χ2n) is 5.91. The van der Waals surface area contributed by atoms with E-state index in [2.05, 4.69) is 0 Å². The maximum Gasteiger partial charge on any atom is 0.337 e. The third-order valence-corrected chi connectivity index (χ3v) is 3.87. The lowest BCUT2D eigenvalue weighted by Crippen LogP contribution is -2.08. The van der Waals surface area contributed by atoms with E-state index in [4.69, 9.17) is 33.2 Å². The molecular formula is C22H26O8. The first-order valence-corrected chi connectivity index (χ1v) is 9.03. The molecule has 0 aliphatic heterocycles. The van der Waals surface area contributed by atoms with Gasteiger partial charge < -0.3 is 33.2 Å². The molecule has 0 atom stereocenters. The Balaban J connectivity index is 2.36. The Morgan fingerprint density at radius 1 is 0.733 bits per heavy atom. The molecule has 2 rings (SSSR count). The second kappa shape index (κ2) is 12.5. The normalized spacial score (nSPS) is 10.8. The van der Waals surface area contributed by atoms with Gasteiger partial charge in [0.2, 0.25) is 5.75 Å². The number of esters is 1. The van der Waals surface area contributed by atoms with Crippen LogP contribution in [0, 0.1) is 0 Å². The van der Waals surface area contributed by atoms with Crippen LogP contribution < -0.4 is 14.2 Å². The molecule has 0 N–H and O–H groups in total. The molecule has 0 radical (unpaired) electrons. The highest BCUT2D eigenvalue weighted by atomic mass is 16.7. The van der Waals surface area contributed by atoms with Crippen molar-refractivity contribution in [2.75, 3.05) is 48.8 Å². The molecule has 8 heteroatoms. The van der Waals surface area contributed by atoms with Crippen LogP contribution in [0.5, 0.6) is 17.2 Å². The third kappa shape index (κ3) is 6.48. The van der Waals surface area contributed by atoms with Gasteiger partial charge in [0, 0.05) is 26.9 Å². The van der Waals surface area contributed by atoms with Crippen LogP contribution in [0.15, 0.2) is 36.4 Å². The van der Waals surface area contributed by atoms with Gasteiger partial charge in [0.1, 0.15) is 0 Å². The van der Waals surface area contributed by atoms with Crippen LogP contribution in [-0.4, -0.2) is 54.8 Å². The van der Waals surface area contributed by atoms with E-state index in [1.165, 1.54) is 28.4 Å². The molecule has 162 valence electrons. The molecule has 0 spiro atoms. The predicted octanol–water partition coefficient (Wildman–Crippen LogP) is 3.59. The van der Waals surface area contributed by atoms with Crippen molar-refractivity contribution in [2.24, 2.45) is 0 Å². The second-order valence-corrected chi connectivity index (χ2v) is 5.91. The molecule has 2 aromatic rings. The average Bonchev–Trinajstić information content (AvgIpc) is 2.79. The molecule has 0 fully saturated rings. The van der Waals surface area contributed by atoms with Gasteiger partial charge in [0.15, 0.2) is 31.9 Å². The minimum absolute atomic E-state index is 0.00877. The van der Waals surface area contributed by atoms with Gasteiger partial charge in [-0.25, -0.2) is 4.79 Å². The number of rotatable bonds is 12. The molecule has 0 aliphatic rings. The predicted molar refractivity (Wildman–Crippen MR) is 111 cm³/mol. The molecular weight excluding hydrogens is 392 g/mol. The van der Waals surface area contributed by atoms with Gasteiger partial charge in [0.05, 0.1) is 12.7 Å². The molecule has 0 heterocycles. The van der Waals surface area contributed by atoms with Crippen LogP contribution in [0.2, 0.25) is 0 Å². The lowest BCUT2D eigenvalue weighted by molar-refractivity contribution is 0.0217. The van der Waals surface area contributed by atoms with Crippen molar-refractivity contribution < 1.29 is 38.0 Å². The molecule has 0 bridgehead atoms.